The monoisotopic (exact) mass is 780 g/mol. The number of ether oxygens (including phenoxy) is 6. The maximum absolute atomic E-state index is 12.7. The van der Waals surface area contributed by atoms with Crippen LogP contribution in [0.1, 0.15) is 64.3 Å². The number of nitrogen functional groups attached to an aromatic ring is 2. The molecule has 55 heavy (non-hydrogen) atoms. The summed E-state index contributed by atoms with van der Waals surface area (Å²) in [7, 11) is -3.97. The summed E-state index contributed by atoms with van der Waals surface area (Å²) in [6, 6.07) is 6.44. The van der Waals surface area contributed by atoms with Crippen LogP contribution in [-0.4, -0.2) is 102 Å². The lowest BCUT2D eigenvalue weighted by molar-refractivity contribution is -0.198. The molecule has 20 heteroatoms. The molecule has 294 valence electrons. The maximum Gasteiger partial charge on any atom is 0.297 e. The van der Waals surface area contributed by atoms with E-state index in [0.29, 0.717) is 39.8 Å². The van der Waals surface area contributed by atoms with Crippen molar-refractivity contribution in [3.63, 3.8) is 0 Å². The van der Waals surface area contributed by atoms with Crippen LogP contribution in [0, 0.1) is 20.8 Å². The van der Waals surface area contributed by atoms with Crippen LogP contribution in [0.3, 0.4) is 0 Å². The average Bonchev–Trinajstić information content (AvgIpc) is 3.93. The lowest BCUT2D eigenvalue weighted by atomic mass is 10.1. The van der Waals surface area contributed by atoms with E-state index in [2.05, 4.69) is 29.9 Å². The Bertz CT molecular complexity index is 2370. The molecule has 0 bridgehead atoms. The first-order valence-corrected chi connectivity index (χ1v) is 19.2. The van der Waals surface area contributed by atoms with Crippen LogP contribution in [0.15, 0.2) is 41.8 Å². The Morgan fingerprint density at radius 2 is 1.18 bits per heavy atom. The average molecular weight is 781 g/mol. The van der Waals surface area contributed by atoms with Gasteiger partial charge in [-0.1, -0.05) is 17.7 Å². The van der Waals surface area contributed by atoms with Gasteiger partial charge >= 0.3 is 0 Å². The van der Waals surface area contributed by atoms with E-state index in [-0.39, 0.29) is 41.9 Å². The normalized spacial score (nSPS) is 29.4. The van der Waals surface area contributed by atoms with E-state index in [4.69, 9.17) is 44.1 Å². The molecule has 5 aromatic rings. The molecule has 0 unspecified atom stereocenters. The van der Waals surface area contributed by atoms with Gasteiger partial charge in [-0.2, -0.15) is 8.42 Å². The van der Waals surface area contributed by atoms with Gasteiger partial charge in [0.2, 0.25) is 0 Å². The van der Waals surface area contributed by atoms with Crippen molar-refractivity contribution in [3.05, 3.63) is 54.1 Å². The summed E-state index contributed by atoms with van der Waals surface area (Å²) in [6.45, 7) is 14.5. The number of nitrogens with zero attached hydrogens (tertiary/aromatic N) is 8. The molecular formula is C35H44N10O9S. The van der Waals surface area contributed by atoms with E-state index in [1.165, 1.54) is 12.1 Å². The third kappa shape index (κ3) is 6.90. The van der Waals surface area contributed by atoms with Crippen LogP contribution in [-0.2, 0) is 42.7 Å². The number of hydrogen-bond acceptors (Lipinski definition) is 17. The maximum atomic E-state index is 12.7. The molecule has 19 nitrogen and oxygen atoms in total. The molecule has 9 rings (SSSR count). The predicted molar refractivity (Wildman–Crippen MR) is 194 cm³/mol. The van der Waals surface area contributed by atoms with Crippen LogP contribution in [0.25, 0.3) is 22.3 Å². The van der Waals surface area contributed by atoms with E-state index in [0.717, 1.165) is 5.56 Å². The number of anilines is 2. The smallest absolute Gasteiger partial charge is 0.297 e. The summed E-state index contributed by atoms with van der Waals surface area (Å²) >= 11 is 0. The number of rotatable bonds is 6. The number of benzene rings is 1. The molecule has 4 aliphatic heterocycles. The summed E-state index contributed by atoms with van der Waals surface area (Å²) in [4.78, 5) is 25.9. The number of aryl methyl sites for hydroxylation is 3. The molecule has 0 spiro atoms. The van der Waals surface area contributed by atoms with E-state index in [9.17, 15) is 8.42 Å². The minimum Gasteiger partial charge on any atom is -0.382 e. The lowest BCUT2D eigenvalue weighted by Crippen LogP contribution is -2.33. The Labute approximate surface area is 316 Å². The minimum atomic E-state index is -3.97. The zero-order valence-electron chi connectivity index (χ0n) is 31.6. The molecule has 8 atom stereocenters. The van der Waals surface area contributed by atoms with Crippen LogP contribution >= 0.6 is 0 Å². The first-order valence-electron chi connectivity index (χ1n) is 17.8. The molecular weight excluding hydrogens is 737 g/mol. The zero-order valence-corrected chi connectivity index (χ0v) is 32.4. The van der Waals surface area contributed by atoms with Crippen molar-refractivity contribution in [2.75, 3.05) is 18.1 Å². The van der Waals surface area contributed by atoms with Gasteiger partial charge in [0.1, 0.15) is 53.2 Å². The molecule has 4 aliphatic rings. The van der Waals surface area contributed by atoms with E-state index in [1.54, 1.807) is 57.0 Å². The Balaban J connectivity index is 0.000000168. The van der Waals surface area contributed by atoms with Crippen molar-refractivity contribution in [2.45, 2.75) is 121 Å². The summed E-state index contributed by atoms with van der Waals surface area (Å²) in [6.07, 6.45) is -0.000420. The highest BCUT2D eigenvalue weighted by molar-refractivity contribution is 7.86. The molecule has 4 saturated heterocycles. The van der Waals surface area contributed by atoms with Crippen molar-refractivity contribution in [1.29, 1.82) is 0 Å². The number of fused-ring (bicyclic) bond motifs is 4. The van der Waals surface area contributed by atoms with Crippen molar-refractivity contribution < 1.29 is 41.0 Å². The Morgan fingerprint density at radius 1 is 0.709 bits per heavy atom. The second kappa shape index (κ2) is 13.4. The van der Waals surface area contributed by atoms with Gasteiger partial charge in [0.05, 0.1) is 30.3 Å². The Kier molecular flexibility index (Phi) is 9.12. The molecule has 4 N–H and O–H groups in total. The summed E-state index contributed by atoms with van der Waals surface area (Å²) < 4.78 is 70.6. The number of imidazole rings is 2. The second-order valence-electron chi connectivity index (χ2n) is 14.9. The largest absolute Gasteiger partial charge is 0.382 e. The number of nitrogens with two attached hydrogens (primary N) is 2. The lowest BCUT2D eigenvalue weighted by Gasteiger charge is -2.24. The number of hydrogen-bond donors (Lipinski definition) is 2. The van der Waals surface area contributed by atoms with E-state index >= 15 is 0 Å². The first-order chi connectivity index (χ1) is 25.9. The van der Waals surface area contributed by atoms with Crippen LogP contribution in [0.5, 0.6) is 0 Å². The van der Waals surface area contributed by atoms with Crippen molar-refractivity contribution in [3.8, 4) is 0 Å². The third-order valence-electron chi connectivity index (χ3n) is 9.75. The van der Waals surface area contributed by atoms with Gasteiger partial charge in [0, 0.05) is 0 Å². The van der Waals surface area contributed by atoms with Crippen molar-refractivity contribution in [2.24, 2.45) is 0 Å². The minimum absolute atomic E-state index is 0.0745. The van der Waals surface area contributed by atoms with Crippen LogP contribution in [0.4, 0.5) is 11.6 Å². The van der Waals surface area contributed by atoms with Crippen molar-refractivity contribution in [1.82, 2.24) is 39.0 Å². The van der Waals surface area contributed by atoms with Crippen LogP contribution in [0.2, 0.25) is 0 Å². The van der Waals surface area contributed by atoms with Gasteiger partial charge in [-0.25, -0.2) is 29.9 Å². The highest BCUT2D eigenvalue weighted by atomic mass is 32.2. The molecule has 0 saturated carbocycles. The summed E-state index contributed by atoms with van der Waals surface area (Å²) in [5.41, 5.74) is 15.0. The van der Waals surface area contributed by atoms with Gasteiger partial charge < -0.3 is 39.9 Å². The van der Waals surface area contributed by atoms with Gasteiger partial charge in [-0.15, -0.1) is 0 Å². The SMILES string of the molecule is Cc1ccc(S(=O)(=O)OC[C@H]2O[C@@H](n3cnc4c(N)nc(C)nc43)[C@@H]3OC(C)(C)O[C@@H]32)cc1.Cc1nc(N)c2ncn([C@@H]3O[C@H](C)[C@H]4OC(C)(C)O[C@H]43)c2n1. The molecule has 0 amide bonds. The molecule has 0 aliphatic carbocycles. The van der Waals surface area contributed by atoms with Gasteiger partial charge in [-0.05, 0) is 67.5 Å². The topological polar surface area (TPSA) is 238 Å². The molecule has 1 aromatic carbocycles. The molecule has 8 heterocycles. The summed E-state index contributed by atoms with van der Waals surface area (Å²) in [5.74, 6) is 0.214. The van der Waals surface area contributed by atoms with E-state index < -0.39 is 46.2 Å². The standard InChI is InChI=1S/C21H25N5O6S.C14H19N5O3/c1-11-5-7-13(8-6-11)33(27,28)29-9-14-16-17(32-21(3,4)31-16)20(30-14)26-10-23-15-18(22)24-12(2)25-19(15)26;1-6-9-10(22-14(3,4)21-9)13(20-6)19-5-16-8-11(15)17-7(2)18-12(8)19/h5-8,10,14,16-17,20H,9H2,1-4H3,(H2,22,24,25);5-6,9-10,13H,1-4H3,(H2,15,17,18)/t14-,16-,17-,20-;6-,9-,10-,13-/m11/s1. The highest BCUT2D eigenvalue weighted by Gasteiger charge is 2.57. The fourth-order valence-corrected chi connectivity index (χ4v) is 8.34. The second-order valence-corrected chi connectivity index (χ2v) is 16.6. The molecule has 0 radical (unpaired) electrons. The van der Waals surface area contributed by atoms with Gasteiger partial charge in [0.25, 0.3) is 10.1 Å². The predicted octanol–water partition coefficient (Wildman–Crippen LogP) is 3.00. The number of aromatic nitrogens is 8. The summed E-state index contributed by atoms with van der Waals surface area (Å²) in [5, 5.41) is 0. The fourth-order valence-electron chi connectivity index (χ4n) is 7.42. The highest BCUT2D eigenvalue weighted by Crippen LogP contribution is 2.45. The van der Waals surface area contributed by atoms with Gasteiger partial charge in [0.15, 0.2) is 47.0 Å². The molecule has 4 aromatic heterocycles. The first kappa shape index (κ1) is 37.5. The quantitative estimate of drug-likeness (QED) is 0.236. The third-order valence-corrected chi connectivity index (χ3v) is 11.0. The molecule has 4 fully saturated rings. The Hall–Kier alpha value is -4.41. The Morgan fingerprint density at radius 3 is 1.73 bits per heavy atom. The van der Waals surface area contributed by atoms with E-state index in [1.807, 2.05) is 32.3 Å². The van der Waals surface area contributed by atoms with Crippen LogP contribution < -0.4 is 11.5 Å². The van der Waals surface area contributed by atoms with Gasteiger partial charge in [-0.3, -0.25) is 13.3 Å². The van der Waals surface area contributed by atoms with Crippen molar-refractivity contribution >= 4 is 44.1 Å². The zero-order chi connectivity index (χ0) is 39.2. The fraction of sp³-hybridized carbons (Fsp3) is 0.543.